The summed E-state index contributed by atoms with van der Waals surface area (Å²) in [5.41, 5.74) is -0.516. The van der Waals surface area contributed by atoms with Crippen molar-refractivity contribution >= 4 is 23.4 Å². The van der Waals surface area contributed by atoms with Gasteiger partial charge >= 0.3 is 5.97 Å². The van der Waals surface area contributed by atoms with Crippen molar-refractivity contribution < 1.29 is 14.5 Å². The third-order valence-corrected chi connectivity index (χ3v) is 2.81. The van der Waals surface area contributed by atoms with Crippen molar-refractivity contribution in [3.63, 3.8) is 0 Å². The van der Waals surface area contributed by atoms with Crippen LogP contribution >= 0.6 is 11.8 Å². The van der Waals surface area contributed by atoms with Crippen molar-refractivity contribution in [3.05, 3.63) is 33.9 Å². The predicted octanol–water partition coefficient (Wildman–Crippen LogP) is 3.27. The first-order valence-electron chi connectivity index (χ1n) is 5.30. The van der Waals surface area contributed by atoms with Gasteiger partial charge in [-0.2, -0.15) is 0 Å². The number of nitrogens with zero attached hydrogens (tertiary/aromatic N) is 1. The van der Waals surface area contributed by atoms with Crippen molar-refractivity contribution in [2.75, 3.05) is 6.26 Å². The first-order valence-corrected chi connectivity index (χ1v) is 6.53. The Bertz CT molecular complexity index is 479. The minimum absolute atomic E-state index is 0.117. The molecule has 18 heavy (non-hydrogen) atoms. The molecule has 0 aliphatic heterocycles. The normalized spacial score (nSPS) is 11.1. The van der Waals surface area contributed by atoms with E-state index in [0.29, 0.717) is 4.90 Å². The molecule has 0 unspecified atom stereocenters. The van der Waals surface area contributed by atoms with Gasteiger partial charge in [0.1, 0.15) is 5.60 Å². The van der Waals surface area contributed by atoms with Gasteiger partial charge in [0.25, 0.3) is 5.69 Å². The molecule has 0 aromatic heterocycles. The van der Waals surface area contributed by atoms with E-state index < -0.39 is 16.5 Å². The molecule has 5 nitrogen and oxygen atoms in total. The zero-order valence-electron chi connectivity index (χ0n) is 10.7. The van der Waals surface area contributed by atoms with Crippen LogP contribution in [0.15, 0.2) is 23.1 Å². The molecule has 1 rings (SSSR count). The summed E-state index contributed by atoms with van der Waals surface area (Å²) >= 11 is 1.35. The number of esters is 1. The second-order valence-corrected chi connectivity index (χ2v) is 5.49. The van der Waals surface area contributed by atoms with Crippen molar-refractivity contribution in [2.24, 2.45) is 0 Å². The molecule has 0 fully saturated rings. The van der Waals surface area contributed by atoms with Gasteiger partial charge in [0.05, 0.1) is 10.5 Å². The third kappa shape index (κ3) is 3.73. The number of nitro groups is 1. The quantitative estimate of drug-likeness (QED) is 0.364. The van der Waals surface area contributed by atoms with Crippen molar-refractivity contribution in [1.29, 1.82) is 0 Å². The first-order chi connectivity index (χ1) is 8.24. The molecule has 0 heterocycles. The summed E-state index contributed by atoms with van der Waals surface area (Å²) in [6, 6.07) is 4.18. The summed E-state index contributed by atoms with van der Waals surface area (Å²) in [7, 11) is 0. The van der Waals surface area contributed by atoms with E-state index in [2.05, 4.69) is 0 Å². The number of hydrogen-bond donors (Lipinski definition) is 0. The maximum absolute atomic E-state index is 12.0. The molecule has 6 heteroatoms. The third-order valence-electron chi connectivity index (χ3n) is 2.01. The van der Waals surface area contributed by atoms with E-state index in [1.807, 2.05) is 0 Å². The van der Waals surface area contributed by atoms with Crippen LogP contribution in [0.4, 0.5) is 5.69 Å². The van der Waals surface area contributed by atoms with E-state index in [4.69, 9.17) is 4.74 Å². The lowest BCUT2D eigenvalue weighted by molar-refractivity contribution is -0.384. The molecule has 1 aromatic carbocycles. The van der Waals surface area contributed by atoms with Crippen molar-refractivity contribution in [3.8, 4) is 0 Å². The van der Waals surface area contributed by atoms with Gasteiger partial charge in [0, 0.05) is 17.0 Å². The number of benzene rings is 1. The van der Waals surface area contributed by atoms with Gasteiger partial charge in [-0.15, -0.1) is 11.8 Å². The fourth-order valence-electron chi connectivity index (χ4n) is 1.30. The molecular weight excluding hydrogens is 254 g/mol. The molecule has 0 aliphatic carbocycles. The molecule has 0 N–H and O–H groups in total. The number of non-ortho nitro benzene ring substituents is 1. The summed E-state index contributed by atoms with van der Waals surface area (Å²) in [5, 5.41) is 10.7. The van der Waals surface area contributed by atoms with Crippen LogP contribution in [-0.2, 0) is 4.74 Å². The molecule has 0 bridgehead atoms. The van der Waals surface area contributed by atoms with E-state index >= 15 is 0 Å². The smallest absolute Gasteiger partial charge is 0.340 e. The zero-order chi connectivity index (χ0) is 13.9. The molecule has 0 saturated carbocycles. The number of carbonyl (C=O) groups excluding carboxylic acids is 1. The van der Waals surface area contributed by atoms with E-state index in [1.54, 1.807) is 33.1 Å². The van der Waals surface area contributed by atoms with Gasteiger partial charge in [-0.3, -0.25) is 10.1 Å². The van der Waals surface area contributed by atoms with Gasteiger partial charge in [0.15, 0.2) is 0 Å². The van der Waals surface area contributed by atoms with Crippen LogP contribution in [0.5, 0.6) is 0 Å². The highest BCUT2D eigenvalue weighted by Gasteiger charge is 2.22. The molecule has 0 amide bonds. The number of hydrogen-bond acceptors (Lipinski definition) is 5. The predicted molar refractivity (Wildman–Crippen MR) is 70.0 cm³/mol. The van der Waals surface area contributed by atoms with Gasteiger partial charge < -0.3 is 4.74 Å². The van der Waals surface area contributed by atoms with Gasteiger partial charge in [-0.05, 0) is 33.1 Å². The highest BCUT2D eigenvalue weighted by Crippen LogP contribution is 2.26. The number of rotatable bonds is 3. The Labute approximate surface area is 110 Å². The fourth-order valence-corrected chi connectivity index (χ4v) is 1.87. The molecule has 0 spiro atoms. The van der Waals surface area contributed by atoms with E-state index in [0.717, 1.165) is 0 Å². The summed E-state index contributed by atoms with van der Waals surface area (Å²) in [4.78, 5) is 22.8. The highest BCUT2D eigenvalue weighted by atomic mass is 32.2. The fraction of sp³-hybridized carbons (Fsp3) is 0.417. The monoisotopic (exact) mass is 269 g/mol. The highest BCUT2D eigenvalue weighted by molar-refractivity contribution is 7.98. The van der Waals surface area contributed by atoms with Gasteiger partial charge in [0.2, 0.25) is 0 Å². The number of thioether (sulfide) groups is 1. The van der Waals surface area contributed by atoms with Crippen LogP contribution in [-0.4, -0.2) is 22.7 Å². The molecule has 98 valence electrons. The average Bonchev–Trinajstić information content (AvgIpc) is 2.25. The van der Waals surface area contributed by atoms with E-state index in [-0.39, 0.29) is 11.3 Å². The summed E-state index contributed by atoms with van der Waals surface area (Å²) in [5.74, 6) is -0.546. The second kappa shape index (κ2) is 5.39. The average molecular weight is 269 g/mol. The topological polar surface area (TPSA) is 69.4 Å². The molecule has 0 aliphatic rings. The molecule has 0 radical (unpaired) electrons. The zero-order valence-corrected chi connectivity index (χ0v) is 11.5. The Morgan fingerprint density at radius 3 is 2.44 bits per heavy atom. The number of carbonyl (C=O) groups is 1. The lowest BCUT2D eigenvalue weighted by Gasteiger charge is -2.20. The summed E-state index contributed by atoms with van der Waals surface area (Å²) < 4.78 is 5.23. The minimum atomic E-state index is -0.628. The van der Waals surface area contributed by atoms with Crippen LogP contribution in [0, 0.1) is 10.1 Å². The molecule has 0 atom stereocenters. The second-order valence-electron chi connectivity index (χ2n) is 4.64. The maximum Gasteiger partial charge on any atom is 0.340 e. The van der Waals surface area contributed by atoms with E-state index in [1.165, 1.54) is 23.9 Å². The number of nitro benzene ring substituents is 1. The largest absolute Gasteiger partial charge is 0.456 e. The van der Waals surface area contributed by atoms with Gasteiger partial charge in [-0.1, -0.05) is 0 Å². The van der Waals surface area contributed by atoms with Gasteiger partial charge in [-0.25, -0.2) is 4.79 Å². The van der Waals surface area contributed by atoms with Crippen LogP contribution in [0.1, 0.15) is 31.1 Å². The van der Waals surface area contributed by atoms with Crippen LogP contribution in [0.25, 0.3) is 0 Å². The maximum atomic E-state index is 12.0. The summed E-state index contributed by atoms with van der Waals surface area (Å²) in [6.45, 7) is 5.25. The first kappa shape index (κ1) is 14.5. The Morgan fingerprint density at radius 1 is 1.39 bits per heavy atom. The minimum Gasteiger partial charge on any atom is -0.456 e. The van der Waals surface area contributed by atoms with Crippen LogP contribution in [0.2, 0.25) is 0 Å². The Kier molecular flexibility index (Phi) is 4.34. The van der Waals surface area contributed by atoms with Crippen molar-refractivity contribution in [1.82, 2.24) is 0 Å². The lowest BCUT2D eigenvalue weighted by atomic mass is 10.1. The molecule has 1 aromatic rings. The SMILES string of the molecule is CSc1ccc([N+](=O)[O-])cc1C(=O)OC(C)(C)C. The Morgan fingerprint density at radius 2 is 2.00 bits per heavy atom. The lowest BCUT2D eigenvalue weighted by Crippen LogP contribution is -2.24. The van der Waals surface area contributed by atoms with E-state index in [9.17, 15) is 14.9 Å². The van der Waals surface area contributed by atoms with Crippen molar-refractivity contribution in [2.45, 2.75) is 31.3 Å². The standard InChI is InChI=1S/C12H15NO4S/c1-12(2,3)17-11(14)9-7-8(13(15)16)5-6-10(9)18-4/h5-7H,1-4H3. The summed E-state index contributed by atoms with van der Waals surface area (Å²) in [6.07, 6.45) is 1.80. The molecular formula is C12H15NO4S. The Hall–Kier alpha value is -1.56. The molecule has 0 saturated heterocycles. The van der Waals surface area contributed by atoms with Crippen LogP contribution < -0.4 is 0 Å². The van der Waals surface area contributed by atoms with Crippen LogP contribution in [0.3, 0.4) is 0 Å². The Balaban J connectivity index is 3.16. The number of ether oxygens (including phenoxy) is 1.